The molecule has 4 aliphatic heterocycles. The van der Waals surface area contributed by atoms with E-state index in [2.05, 4.69) is 19.1 Å². The Balaban J connectivity index is 1.88. The first-order valence-electron chi connectivity index (χ1n) is 18.0. The quantitative estimate of drug-likeness (QED) is 0.249. The third-order valence-electron chi connectivity index (χ3n) is 9.51. The Morgan fingerprint density at radius 3 is 1.75 bits per heavy atom. The first-order valence-corrected chi connectivity index (χ1v) is 18.0. The van der Waals surface area contributed by atoms with Crippen molar-refractivity contribution in [2.75, 3.05) is 55.9 Å². The van der Waals surface area contributed by atoms with E-state index in [9.17, 15) is 4.79 Å². The average molecular weight is 689 g/mol. The molecule has 2 bridgehead atoms. The summed E-state index contributed by atoms with van der Waals surface area (Å²) in [7, 11) is 9.51. The lowest BCUT2D eigenvalue weighted by atomic mass is 9.96. The second kappa shape index (κ2) is 23.3. The Morgan fingerprint density at radius 1 is 0.583 bits per heavy atom. The third kappa shape index (κ3) is 12.5. The number of allylic oxidation sites excluding steroid dienone is 2. The summed E-state index contributed by atoms with van der Waals surface area (Å²) in [5.74, 6) is -0.306. The molecule has 11 atom stereocenters. The van der Waals surface area contributed by atoms with Crippen LogP contribution in [0.3, 0.4) is 0 Å². The van der Waals surface area contributed by atoms with Crippen molar-refractivity contribution in [3.8, 4) is 0 Å². The molecule has 4 rings (SSSR count). The first-order chi connectivity index (χ1) is 23.4. The fourth-order valence-electron chi connectivity index (χ4n) is 6.94. The number of ether oxygens (including phenoxy) is 11. The van der Waals surface area contributed by atoms with E-state index in [0.717, 1.165) is 57.8 Å². The molecular formula is C36H64O12. The molecule has 0 amide bonds. The smallest absolute Gasteiger partial charge is 0.306 e. The average Bonchev–Trinajstić information content (AvgIpc) is 3.07. The first kappa shape index (κ1) is 41.2. The predicted octanol–water partition coefficient (Wildman–Crippen LogP) is 5.13. The van der Waals surface area contributed by atoms with Crippen molar-refractivity contribution in [1.82, 2.24) is 0 Å². The molecule has 0 aromatic heterocycles. The van der Waals surface area contributed by atoms with Crippen LogP contribution < -0.4 is 0 Å². The zero-order valence-electron chi connectivity index (χ0n) is 30.5. The highest BCUT2D eigenvalue weighted by atomic mass is 16.8. The molecule has 0 radical (unpaired) electrons. The fourth-order valence-corrected chi connectivity index (χ4v) is 6.94. The van der Waals surface area contributed by atoms with E-state index in [1.807, 2.05) is 0 Å². The number of rotatable bonds is 8. The Hall–Kier alpha value is -1.19. The minimum atomic E-state index is -0.966. The highest BCUT2D eigenvalue weighted by molar-refractivity contribution is 5.69. The van der Waals surface area contributed by atoms with Crippen LogP contribution in [0.4, 0.5) is 0 Å². The van der Waals surface area contributed by atoms with Crippen LogP contribution in [0.5, 0.6) is 0 Å². The van der Waals surface area contributed by atoms with Crippen molar-refractivity contribution in [2.45, 2.75) is 158 Å². The summed E-state index contributed by atoms with van der Waals surface area (Å²) in [6, 6.07) is 0. The fraction of sp³-hybridized carbons (Fsp3) is 0.917. The topological polar surface area (TPSA) is 119 Å². The molecule has 0 aromatic rings. The maximum Gasteiger partial charge on any atom is 0.306 e. The van der Waals surface area contributed by atoms with Crippen molar-refractivity contribution in [1.29, 1.82) is 0 Å². The lowest BCUT2D eigenvalue weighted by Gasteiger charge is -2.49. The van der Waals surface area contributed by atoms with Gasteiger partial charge in [0.15, 0.2) is 18.7 Å². The molecule has 0 saturated carbocycles. The summed E-state index contributed by atoms with van der Waals surface area (Å²) in [5, 5.41) is 0. The highest BCUT2D eigenvalue weighted by Gasteiger charge is 2.54. The monoisotopic (exact) mass is 688 g/mol. The van der Waals surface area contributed by atoms with Gasteiger partial charge in [0.1, 0.15) is 42.7 Å². The van der Waals surface area contributed by atoms with Crippen LogP contribution in [0, 0.1) is 0 Å². The standard InChI is InChI=1S/C36H64O12/c1-25-21-19-17-15-13-11-9-8-10-12-14-16-18-20-22-28(37)47-30-27(24-39-3)46-35(33(43-7)32(30)42-6)48-34-31(41-5)29(40-4)26(23-38-2)45-36(34)44-25/h8-9,25-27,29-36H,10-24H2,1-7H3/b9-8-. The molecule has 2 saturated heterocycles. The van der Waals surface area contributed by atoms with E-state index in [1.165, 1.54) is 19.3 Å². The number of esters is 1. The summed E-state index contributed by atoms with van der Waals surface area (Å²) >= 11 is 0. The Bertz CT molecular complexity index is 889. The van der Waals surface area contributed by atoms with Crippen molar-refractivity contribution >= 4 is 5.97 Å². The molecule has 0 aliphatic carbocycles. The van der Waals surface area contributed by atoms with Crippen LogP contribution in [-0.4, -0.2) is 129 Å². The van der Waals surface area contributed by atoms with Gasteiger partial charge in [-0.15, -0.1) is 0 Å². The van der Waals surface area contributed by atoms with Gasteiger partial charge in [-0.2, -0.15) is 0 Å². The van der Waals surface area contributed by atoms with Gasteiger partial charge in [0.25, 0.3) is 0 Å². The second-order valence-corrected chi connectivity index (χ2v) is 13.1. The molecule has 48 heavy (non-hydrogen) atoms. The lowest BCUT2D eigenvalue weighted by Crippen LogP contribution is -2.66. The molecule has 4 aliphatic rings. The third-order valence-corrected chi connectivity index (χ3v) is 9.51. The maximum atomic E-state index is 13.1. The normalized spacial score (nSPS) is 38.1. The van der Waals surface area contributed by atoms with Crippen molar-refractivity contribution in [2.24, 2.45) is 0 Å². The van der Waals surface area contributed by atoms with Crippen LogP contribution in [0.15, 0.2) is 12.2 Å². The number of hydrogen-bond acceptors (Lipinski definition) is 12. The van der Waals surface area contributed by atoms with Gasteiger partial charge in [-0.25, -0.2) is 0 Å². The van der Waals surface area contributed by atoms with Crippen LogP contribution in [-0.2, 0) is 56.9 Å². The van der Waals surface area contributed by atoms with E-state index in [4.69, 9.17) is 52.1 Å². The van der Waals surface area contributed by atoms with E-state index in [0.29, 0.717) is 6.42 Å². The number of carbonyl (C=O) groups excluding carboxylic acids is 1. The Morgan fingerprint density at radius 2 is 1.12 bits per heavy atom. The number of hydrogen-bond donors (Lipinski definition) is 0. The molecule has 11 unspecified atom stereocenters. The molecule has 4 heterocycles. The molecular weight excluding hydrogens is 624 g/mol. The Labute approximate surface area is 288 Å². The summed E-state index contributed by atoms with van der Waals surface area (Å²) in [5.41, 5.74) is 0. The second-order valence-electron chi connectivity index (χ2n) is 13.1. The molecule has 0 N–H and O–H groups in total. The van der Waals surface area contributed by atoms with Crippen molar-refractivity contribution in [3.05, 3.63) is 12.2 Å². The van der Waals surface area contributed by atoms with Gasteiger partial charge in [0, 0.05) is 49.1 Å². The van der Waals surface area contributed by atoms with Gasteiger partial charge < -0.3 is 52.1 Å². The predicted molar refractivity (Wildman–Crippen MR) is 179 cm³/mol. The van der Waals surface area contributed by atoms with E-state index in [-0.39, 0.29) is 25.3 Å². The van der Waals surface area contributed by atoms with E-state index in [1.54, 1.807) is 42.7 Å². The molecule has 0 spiro atoms. The van der Waals surface area contributed by atoms with Crippen LogP contribution in [0.2, 0.25) is 0 Å². The van der Waals surface area contributed by atoms with Crippen LogP contribution in [0.25, 0.3) is 0 Å². The van der Waals surface area contributed by atoms with Gasteiger partial charge in [-0.1, -0.05) is 50.7 Å². The van der Waals surface area contributed by atoms with Crippen molar-refractivity contribution in [3.63, 3.8) is 0 Å². The Kier molecular flexibility index (Phi) is 20.0. The molecule has 12 nitrogen and oxygen atoms in total. The summed E-state index contributed by atoms with van der Waals surface area (Å²) < 4.78 is 67.0. The highest BCUT2D eigenvalue weighted by Crippen LogP contribution is 2.35. The van der Waals surface area contributed by atoms with Gasteiger partial charge >= 0.3 is 5.97 Å². The SMILES string of the molecule is COCC1OC2OC3C(OC(C)CCCCCC/C=C\CCCCCCCC(=O)OC1C(OC)C2OC)OC(COC)C(OC)C3OC. The minimum absolute atomic E-state index is 0.110. The summed E-state index contributed by atoms with van der Waals surface area (Å²) in [4.78, 5) is 13.1. The minimum Gasteiger partial charge on any atom is -0.457 e. The van der Waals surface area contributed by atoms with Crippen molar-refractivity contribution < 1.29 is 56.9 Å². The molecule has 0 aromatic carbocycles. The zero-order chi connectivity index (χ0) is 34.7. The number of fused-ring (bicyclic) bond motifs is 19. The van der Waals surface area contributed by atoms with Gasteiger partial charge in [-0.05, 0) is 45.4 Å². The number of carbonyl (C=O) groups is 1. The lowest BCUT2D eigenvalue weighted by molar-refractivity contribution is -0.377. The van der Waals surface area contributed by atoms with E-state index >= 15 is 0 Å². The van der Waals surface area contributed by atoms with Gasteiger partial charge in [0.2, 0.25) is 0 Å². The number of methoxy groups -OCH3 is 6. The van der Waals surface area contributed by atoms with Gasteiger partial charge in [-0.3, -0.25) is 4.79 Å². The maximum absolute atomic E-state index is 13.1. The van der Waals surface area contributed by atoms with E-state index < -0.39 is 61.4 Å². The summed E-state index contributed by atoms with van der Waals surface area (Å²) in [6.45, 7) is 2.48. The van der Waals surface area contributed by atoms with Crippen LogP contribution in [0.1, 0.15) is 90.4 Å². The molecule has 280 valence electrons. The summed E-state index contributed by atoms with van der Waals surface area (Å²) in [6.07, 6.45) is 10.6. The molecule has 12 heteroatoms. The van der Waals surface area contributed by atoms with Crippen LogP contribution >= 0.6 is 0 Å². The largest absolute Gasteiger partial charge is 0.457 e. The van der Waals surface area contributed by atoms with Gasteiger partial charge in [0.05, 0.1) is 19.3 Å². The molecule has 2 fully saturated rings. The zero-order valence-corrected chi connectivity index (χ0v) is 30.5.